The number of carbonyl (C=O) groups excluding carboxylic acids is 1. The number of ether oxygens (including phenoxy) is 2. The molecule has 6 heteroatoms. The lowest BCUT2D eigenvalue weighted by Crippen LogP contribution is -2.61. The third-order valence-electron chi connectivity index (χ3n) is 6.32. The van der Waals surface area contributed by atoms with Crippen molar-refractivity contribution in [2.45, 2.75) is 39.0 Å². The lowest BCUT2D eigenvalue weighted by Gasteiger charge is -2.50. The zero-order valence-corrected chi connectivity index (χ0v) is 19.2. The Morgan fingerprint density at radius 2 is 1.66 bits per heavy atom. The van der Waals surface area contributed by atoms with Gasteiger partial charge in [0.25, 0.3) is 0 Å². The van der Waals surface area contributed by atoms with Crippen molar-refractivity contribution < 1.29 is 18.7 Å². The minimum atomic E-state index is -0.264. The summed E-state index contributed by atoms with van der Waals surface area (Å²) in [6.45, 7) is 7.63. The fourth-order valence-corrected chi connectivity index (χ4v) is 5.04. The Morgan fingerprint density at radius 1 is 1.06 bits per heavy atom. The Morgan fingerprint density at radius 3 is 2.25 bits per heavy atom. The molecule has 32 heavy (non-hydrogen) atoms. The second kappa shape index (κ2) is 10.0. The van der Waals surface area contributed by atoms with Crippen molar-refractivity contribution in [1.82, 2.24) is 9.80 Å². The molecule has 1 unspecified atom stereocenters. The lowest BCUT2D eigenvalue weighted by atomic mass is 9.81. The van der Waals surface area contributed by atoms with Gasteiger partial charge in [0.15, 0.2) is 0 Å². The predicted molar refractivity (Wildman–Crippen MR) is 122 cm³/mol. The number of hydrogen-bond acceptors (Lipinski definition) is 4. The summed E-state index contributed by atoms with van der Waals surface area (Å²) >= 11 is 0. The molecule has 2 aromatic carbocycles. The molecule has 0 N–H and O–H groups in total. The van der Waals surface area contributed by atoms with Gasteiger partial charge in [0, 0.05) is 37.5 Å². The van der Waals surface area contributed by atoms with E-state index in [0.717, 1.165) is 30.0 Å². The molecule has 2 saturated heterocycles. The lowest BCUT2D eigenvalue weighted by molar-refractivity contribution is -0.148. The quantitative estimate of drug-likeness (QED) is 0.658. The maximum atomic E-state index is 13.6. The average Bonchev–Trinajstić information content (AvgIpc) is 2.74. The molecule has 3 atom stereocenters. The van der Waals surface area contributed by atoms with Crippen molar-refractivity contribution in [3.63, 3.8) is 0 Å². The van der Waals surface area contributed by atoms with E-state index < -0.39 is 0 Å². The summed E-state index contributed by atoms with van der Waals surface area (Å²) in [7, 11) is 2.13. The molecule has 2 fully saturated rings. The molecule has 5 nitrogen and oxygen atoms in total. The van der Waals surface area contributed by atoms with Crippen LogP contribution >= 0.6 is 0 Å². The van der Waals surface area contributed by atoms with Crippen LogP contribution in [0.1, 0.15) is 25.0 Å². The Hall–Kier alpha value is -2.44. The summed E-state index contributed by atoms with van der Waals surface area (Å²) in [5, 5.41) is 0. The first kappa shape index (κ1) is 22.7. The van der Waals surface area contributed by atoms with Gasteiger partial charge in [0.1, 0.15) is 11.6 Å². The van der Waals surface area contributed by atoms with E-state index in [-0.39, 0.29) is 35.7 Å². The van der Waals surface area contributed by atoms with Gasteiger partial charge in [-0.3, -0.25) is 4.79 Å². The minimum Gasteiger partial charge on any atom is -0.491 e. The van der Waals surface area contributed by atoms with Crippen molar-refractivity contribution in [2.75, 3.05) is 33.4 Å². The highest BCUT2D eigenvalue weighted by Crippen LogP contribution is 2.32. The number of likely N-dealkylation sites (tertiary alicyclic amines) is 1. The van der Waals surface area contributed by atoms with Crippen molar-refractivity contribution in [1.29, 1.82) is 0 Å². The summed E-state index contributed by atoms with van der Waals surface area (Å²) in [4.78, 5) is 18.0. The highest BCUT2D eigenvalue weighted by molar-refractivity contribution is 5.79. The highest BCUT2D eigenvalue weighted by Gasteiger charge is 2.43. The van der Waals surface area contributed by atoms with Crippen molar-refractivity contribution >= 4 is 5.91 Å². The van der Waals surface area contributed by atoms with Gasteiger partial charge in [0.05, 0.1) is 25.7 Å². The van der Waals surface area contributed by atoms with Gasteiger partial charge < -0.3 is 19.3 Å². The molecular weight excluding hydrogens is 407 g/mol. The van der Waals surface area contributed by atoms with Gasteiger partial charge in [-0.25, -0.2) is 4.39 Å². The van der Waals surface area contributed by atoms with E-state index in [1.165, 1.54) is 12.1 Å². The first-order valence-corrected chi connectivity index (χ1v) is 11.4. The van der Waals surface area contributed by atoms with E-state index in [0.29, 0.717) is 26.2 Å². The molecule has 2 aliphatic heterocycles. The molecule has 0 saturated carbocycles. The number of rotatable bonds is 7. The van der Waals surface area contributed by atoms with E-state index in [9.17, 15) is 9.18 Å². The van der Waals surface area contributed by atoms with E-state index in [1.54, 1.807) is 12.1 Å². The van der Waals surface area contributed by atoms with Crippen molar-refractivity contribution in [3.8, 4) is 5.75 Å². The molecule has 2 heterocycles. The fourth-order valence-electron chi connectivity index (χ4n) is 5.04. The molecule has 2 bridgehead atoms. The SMILES string of the molecule is CC(C)Oc1ccc(CC(=O)N(Cc2ccc(F)cc2)C2[C@@H]3COC[C@H]2CN(C)C3)cc1. The number of benzene rings is 2. The van der Waals surface area contributed by atoms with Crippen LogP contribution < -0.4 is 4.74 Å². The second-order valence-corrected chi connectivity index (χ2v) is 9.40. The van der Waals surface area contributed by atoms with Gasteiger partial charge in [0.2, 0.25) is 5.91 Å². The molecule has 0 spiro atoms. The third kappa shape index (κ3) is 5.48. The van der Waals surface area contributed by atoms with Crippen molar-refractivity contribution in [2.24, 2.45) is 11.8 Å². The Balaban J connectivity index is 1.55. The summed E-state index contributed by atoms with van der Waals surface area (Å²) in [5.41, 5.74) is 1.91. The van der Waals surface area contributed by atoms with Crippen LogP contribution in [0.4, 0.5) is 4.39 Å². The molecule has 0 radical (unpaired) electrons. The molecule has 1 amide bonds. The summed E-state index contributed by atoms with van der Waals surface area (Å²) in [6.07, 6.45) is 0.440. The van der Waals surface area contributed by atoms with E-state index in [1.807, 2.05) is 43.0 Å². The zero-order chi connectivity index (χ0) is 22.7. The Kier molecular flexibility index (Phi) is 7.11. The van der Waals surface area contributed by atoms with E-state index >= 15 is 0 Å². The van der Waals surface area contributed by atoms with Crippen LogP contribution in [0, 0.1) is 17.7 Å². The number of piperidine rings is 1. The number of carbonyl (C=O) groups is 1. The van der Waals surface area contributed by atoms with E-state index in [2.05, 4.69) is 11.9 Å². The molecule has 4 rings (SSSR count). The fraction of sp³-hybridized carbons (Fsp3) is 0.500. The van der Waals surface area contributed by atoms with Crippen LogP contribution in [0.2, 0.25) is 0 Å². The zero-order valence-electron chi connectivity index (χ0n) is 19.2. The predicted octanol–water partition coefficient (Wildman–Crippen LogP) is 3.76. The maximum Gasteiger partial charge on any atom is 0.227 e. The van der Waals surface area contributed by atoms with Gasteiger partial charge in [-0.1, -0.05) is 24.3 Å². The highest BCUT2D eigenvalue weighted by atomic mass is 19.1. The molecule has 2 aliphatic rings. The van der Waals surface area contributed by atoms with Gasteiger partial charge in [-0.05, 0) is 56.3 Å². The average molecular weight is 441 g/mol. The first-order chi connectivity index (χ1) is 15.4. The summed E-state index contributed by atoms with van der Waals surface area (Å²) in [5.74, 6) is 1.19. The van der Waals surface area contributed by atoms with Gasteiger partial charge in [-0.2, -0.15) is 0 Å². The largest absolute Gasteiger partial charge is 0.491 e. The molecule has 2 aromatic rings. The van der Waals surface area contributed by atoms with Gasteiger partial charge in [-0.15, -0.1) is 0 Å². The van der Waals surface area contributed by atoms with Crippen LogP contribution in [0.5, 0.6) is 5.75 Å². The third-order valence-corrected chi connectivity index (χ3v) is 6.32. The van der Waals surface area contributed by atoms with Crippen LogP contribution in [-0.2, 0) is 22.5 Å². The standard InChI is InChI=1S/C26H33FN2O3/c1-18(2)32-24-10-6-19(7-11-24)12-25(30)29(13-20-4-8-23(27)9-5-20)26-21-14-28(3)15-22(26)17-31-16-21/h4-11,18,21-22,26H,12-17H2,1-3H3/t21-,22+,26?. The second-order valence-electron chi connectivity index (χ2n) is 9.40. The van der Waals surface area contributed by atoms with Gasteiger partial charge >= 0.3 is 0 Å². The number of halogens is 1. The van der Waals surface area contributed by atoms with Crippen LogP contribution in [0.15, 0.2) is 48.5 Å². The molecule has 0 aromatic heterocycles. The molecule has 172 valence electrons. The summed E-state index contributed by atoms with van der Waals surface area (Å²) < 4.78 is 25.0. The Bertz CT molecular complexity index is 886. The smallest absolute Gasteiger partial charge is 0.227 e. The van der Waals surface area contributed by atoms with Crippen LogP contribution in [-0.4, -0.2) is 61.2 Å². The number of nitrogens with zero attached hydrogens (tertiary/aromatic N) is 2. The monoisotopic (exact) mass is 440 g/mol. The Labute approximate surface area is 190 Å². The number of amides is 1. The summed E-state index contributed by atoms with van der Waals surface area (Å²) in [6, 6.07) is 14.4. The van der Waals surface area contributed by atoms with E-state index in [4.69, 9.17) is 9.47 Å². The van der Waals surface area contributed by atoms with Crippen LogP contribution in [0.25, 0.3) is 0 Å². The maximum absolute atomic E-state index is 13.6. The first-order valence-electron chi connectivity index (χ1n) is 11.4. The number of fused-ring (bicyclic) bond motifs is 2. The van der Waals surface area contributed by atoms with Crippen LogP contribution in [0.3, 0.4) is 0 Å². The molecule has 0 aliphatic carbocycles. The topological polar surface area (TPSA) is 42.0 Å². The number of hydrogen-bond donors (Lipinski definition) is 0. The van der Waals surface area contributed by atoms with Crippen molar-refractivity contribution in [3.05, 3.63) is 65.5 Å². The normalized spacial score (nSPS) is 23.2. The molecular formula is C26H33FN2O3. The minimum absolute atomic E-state index is 0.0957.